The number of benzene rings is 1. The molecule has 5 heteroatoms. The summed E-state index contributed by atoms with van der Waals surface area (Å²) in [5, 5.41) is 0. The number of amides is 1. The molecule has 0 radical (unpaired) electrons. The van der Waals surface area contributed by atoms with Gasteiger partial charge >= 0.3 is 0 Å². The van der Waals surface area contributed by atoms with Crippen LogP contribution in [0.1, 0.15) is 30.1 Å². The Labute approximate surface area is 120 Å². The fourth-order valence-corrected chi connectivity index (χ4v) is 3.02. The van der Waals surface area contributed by atoms with E-state index in [2.05, 4.69) is 16.7 Å². The van der Waals surface area contributed by atoms with E-state index in [1.807, 2.05) is 19.2 Å². The lowest BCUT2D eigenvalue weighted by atomic mass is 10.1. The maximum absolute atomic E-state index is 11.6. The van der Waals surface area contributed by atoms with Crippen LogP contribution in [0.2, 0.25) is 0 Å². The van der Waals surface area contributed by atoms with E-state index in [0.717, 1.165) is 18.8 Å². The number of nitrogen functional groups attached to an aromatic ring is 1. The molecule has 0 aliphatic carbocycles. The van der Waals surface area contributed by atoms with Crippen molar-refractivity contribution in [2.75, 3.05) is 37.3 Å². The molecule has 20 heavy (non-hydrogen) atoms. The minimum atomic E-state index is -0.432. The summed E-state index contributed by atoms with van der Waals surface area (Å²) < 4.78 is 0. The fourth-order valence-electron chi connectivity index (χ4n) is 3.02. The zero-order valence-corrected chi connectivity index (χ0v) is 12.3. The highest BCUT2D eigenvalue weighted by molar-refractivity contribution is 5.99. The van der Waals surface area contributed by atoms with Crippen LogP contribution in [0.3, 0.4) is 0 Å². The number of carbonyl (C=O) groups is 1. The van der Waals surface area contributed by atoms with Crippen molar-refractivity contribution in [1.29, 1.82) is 0 Å². The van der Waals surface area contributed by atoms with Gasteiger partial charge in [-0.15, -0.1) is 0 Å². The molecule has 0 aromatic heterocycles. The topological polar surface area (TPSA) is 75.6 Å². The second-order valence-electron chi connectivity index (χ2n) is 5.45. The summed E-state index contributed by atoms with van der Waals surface area (Å²) in [6.45, 7) is 5.33. The van der Waals surface area contributed by atoms with Crippen LogP contribution < -0.4 is 16.4 Å². The summed E-state index contributed by atoms with van der Waals surface area (Å²) in [6.07, 6.45) is 2.45. The number of hydrogen-bond acceptors (Lipinski definition) is 4. The van der Waals surface area contributed by atoms with E-state index in [9.17, 15) is 4.79 Å². The van der Waals surface area contributed by atoms with Gasteiger partial charge in [-0.1, -0.05) is 6.92 Å². The number of likely N-dealkylation sites (N-methyl/N-ethyl adjacent to an activating group) is 2. The van der Waals surface area contributed by atoms with Gasteiger partial charge in [0.1, 0.15) is 0 Å². The Morgan fingerprint density at radius 1 is 1.50 bits per heavy atom. The highest BCUT2D eigenvalue weighted by Crippen LogP contribution is 2.24. The summed E-state index contributed by atoms with van der Waals surface area (Å²) >= 11 is 0. The molecule has 2 rings (SSSR count). The van der Waals surface area contributed by atoms with Gasteiger partial charge in [0.25, 0.3) is 5.91 Å². The molecule has 1 heterocycles. The molecule has 1 amide bonds. The zero-order valence-electron chi connectivity index (χ0n) is 12.3. The number of primary amides is 1. The lowest BCUT2D eigenvalue weighted by molar-refractivity contribution is 0.100. The van der Waals surface area contributed by atoms with Crippen LogP contribution in [-0.2, 0) is 0 Å². The van der Waals surface area contributed by atoms with E-state index in [1.165, 1.54) is 19.4 Å². The van der Waals surface area contributed by atoms with Gasteiger partial charge in [0.15, 0.2) is 0 Å². The van der Waals surface area contributed by atoms with Gasteiger partial charge in [-0.05, 0) is 44.1 Å². The molecule has 1 saturated heterocycles. The molecule has 5 nitrogen and oxygen atoms in total. The van der Waals surface area contributed by atoms with Crippen molar-refractivity contribution < 1.29 is 4.79 Å². The number of nitrogens with two attached hydrogens (primary N) is 2. The average molecular weight is 276 g/mol. The molecule has 0 saturated carbocycles. The average Bonchev–Trinajstić information content (AvgIpc) is 2.85. The monoisotopic (exact) mass is 276 g/mol. The molecule has 1 aliphatic rings. The highest BCUT2D eigenvalue weighted by Gasteiger charge is 2.25. The smallest absolute Gasteiger partial charge is 0.250 e. The SMILES string of the molecule is CCN1CCCC1CN(C)c1ccc(N)cc1C(N)=O. The Hall–Kier alpha value is -1.75. The van der Waals surface area contributed by atoms with Crippen LogP contribution in [0.25, 0.3) is 0 Å². The van der Waals surface area contributed by atoms with Crippen LogP contribution in [0, 0.1) is 0 Å². The summed E-state index contributed by atoms with van der Waals surface area (Å²) in [6, 6.07) is 5.88. The lowest BCUT2D eigenvalue weighted by Crippen LogP contribution is -2.39. The third kappa shape index (κ3) is 3.04. The molecule has 1 atom stereocenters. The fraction of sp³-hybridized carbons (Fsp3) is 0.533. The Balaban J connectivity index is 2.16. The second kappa shape index (κ2) is 6.13. The standard InChI is InChI=1S/C15H24N4O/c1-3-19-8-4-5-12(19)10-18(2)14-7-6-11(16)9-13(14)15(17)20/h6-7,9,12H,3-5,8,10,16H2,1-2H3,(H2,17,20). The summed E-state index contributed by atoms with van der Waals surface area (Å²) in [5.41, 5.74) is 13.1. The number of carbonyl (C=O) groups excluding carboxylic acids is 1. The molecule has 0 bridgehead atoms. The van der Waals surface area contributed by atoms with Crippen molar-refractivity contribution in [2.24, 2.45) is 5.73 Å². The van der Waals surface area contributed by atoms with E-state index in [-0.39, 0.29) is 0 Å². The van der Waals surface area contributed by atoms with Crippen molar-refractivity contribution in [1.82, 2.24) is 4.90 Å². The molecule has 1 aromatic carbocycles. The Morgan fingerprint density at radius 2 is 2.25 bits per heavy atom. The molecular formula is C15H24N4O. The van der Waals surface area contributed by atoms with Gasteiger partial charge in [-0.25, -0.2) is 0 Å². The third-order valence-electron chi connectivity index (χ3n) is 4.09. The zero-order chi connectivity index (χ0) is 14.7. The number of anilines is 2. The third-order valence-corrected chi connectivity index (χ3v) is 4.09. The molecule has 0 spiro atoms. The van der Waals surface area contributed by atoms with Gasteiger partial charge in [-0.2, -0.15) is 0 Å². The number of likely N-dealkylation sites (tertiary alicyclic amines) is 1. The van der Waals surface area contributed by atoms with Crippen LogP contribution in [-0.4, -0.2) is 43.5 Å². The van der Waals surface area contributed by atoms with Crippen LogP contribution in [0.15, 0.2) is 18.2 Å². The number of rotatable bonds is 5. The Bertz CT molecular complexity index is 489. The van der Waals surface area contributed by atoms with Gasteiger partial charge in [0, 0.05) is 31.0 Å². The van der Waals surface area contributed by atoms with E-state index < -0.39 is 5.91 Å². The first-order valence-corrected chi connectivity index (χ1v) is 7.17. The first kappa shape index (κ1) is 14.7. The van der Waals surface area contributed by atoms with Crippen molar-refractivity contribution >= 4 is 17.3 Å². The van der Waals surface area contributed by atoms with Gasteiger partial charge in [-0.3, -0.25) is 9.69 Å². The molecule has 1 aromatic rings. The first-order valence-electron chi connectivity index (χ1n) is 7.17. The number of nitrogens with zero attached hydrogens (tertiary/aromatic N) is 2. The lowest BCUT2D eigenvalue weighted by Gasteiger charge is -2.30. The van der Waals surface area contributed by atoms with Crippen LogP contribution in [0.5, 0.6) is 0 Å². The van der Waals surface area contributed by atoms with E-state index in [1.54, 1.807) is 6.07 Å². The van der Waals surface area contributed by atoms with Crippen molar-refractivity contribution in [3.63, 3.8) is 0 Å². The largest absolute Gasteiger partial charge is 0.399 e. The Kier molecular flexibility index (Phi) is 4.49. The molecule has 1 unspecified atom stereocenters. The van der Waals surface area contributed by atoms with Crippen molar-refractivity contribution in [2.45, 2.75) is 25.8 Å². The van der Waals surface area contributed by atoms with Gasteiger partial charge < -0.3 is 16.4 Å². The number of hydrogen-bond donors (Lipinski definition) is 2. The van der Waals surface area contributed by atoms with Crippen LogP contribution in [0.4, 0.5) is 11.4 Å². The quantitative estimate of drug-likeness (QED) is 0.795. The minimum Gasteiger partial charge on any atom is -0.399 e. The molecule has 110 valence electrons. The Morgan fingerprint density at radius 3 is 2.90 bits per heavy atom. The predicted molar refractivity (Wildman–Crippen MR) is 82.9 cm³/mol. The van der Waals surface area contributed by atoms with Gasteiger partial charge in [0.05, 0.1) is 5.56 Å². The first-order chi connectivity index (χ1) is 9.52. The van der Waals surface area contributed by atoms with E-state index >= 15 is 0 Å². The minimum absolute atomic E-state index is 0.432. The van der Waals surface area contributed by atoms with Gasteiger partial charge in [0.2, 0.25) is 0 Å². The maximum Gasteiger partial charge on any atom is 0.250 e. The normalized spacial score (nSPS) is 19.2. The predicted octanol–water partition coefficient (Wildman–Crippen LogP) is 1.29. The second-order valence-corrected chi connectivity index (χ2v) is 5.45. The summed E-state index contributed by atoms with van der Waals surface area (Å²) in [7, 11) is 2.00. The molecule has 1 fully saturated rings. The summed E-state index contributed by atoms with van der Waals surface area (Å²) in [5.74, 6) is -0.432. The van der Waals surface area contributed by atoms with Crippen LogP contribution >= 0.6 is 0 Å². The van der Waals surface area contributed by atoms with E-state index in [4.69, 9.17) is 11.5 Å². The van der Waals surface area contributed by atoms with E-state index in [0.29, 0.717) is 17.3 Å². The maximum atomic E-state index is 11.6. The molecule has 1 aliphatic heterocycles. The molecular weight excluding hydrogens is 252 g/mol. The molecule has 4 N–H and O–H groups in total. The van der Waals surface area contributed by atoms with Crippen molar-refractivity contribution in [3.05, 3.63) is 23.8 Å². The highest BCUT2D eigenvalue weighted by atomic mass is 16.1. The van der Waals surface area contributed by atoms with Crippen molar-refractivity contribution in [3.8, 4) is 0 Å². The summed E-state index contributed by atoms with van der Waals surface area (Å²) in [4.78, 5) is 16.2.